The molecule has 2 rings (SSSR count). The molecule has 2 aliphatic rings. The van der Waals surface area contributed by atoms with Crippen LogP contribution in [0.1, 0.15) is 51.9 Å². The fraction of sp³-hybridized carbons (Fsp3) is 0.929. The zero-order chi connectivity index (χ0) is 12.1. The Hall–Kier alpha value is -0.280. The van der Waals surface area contributed by atoms with Crippen LogP contribution in [0.2, 0.25) is 0 Å². The van der Waals surface area contributed by atoms with Crippen LogP contribution >= 0.6 is 12.4 Å². The average molecular weight is 275 g/mol. The van der Waals surface area contributed by atoms with Crippen LogP contribution < -0.4 is 10.6 Å². The first-order valence-electron chi connectivity index (χ1n) is 7.28. The smallest absolute Gasteiger partial charge is 0.223 e. The highest BCUT2D eigenvalue weighted by Gasteiger charge is 2.26. The van der Waals surface area contributed by atoms with E-state index < -0.39 is 0 Å². The van der Waals surface area contributed by atoms with E-state index in [0.717, 1.165) is 25.9 Å². The van der Waals surface area contributed by atoms with Gasteiger partial charge in [-0.15, -0.1) is 12.4 Å². The highest BCUT2D eigenvalue weighted by atomic mass is 35.5. The largest absolute Gasteiger partial charge is 0.352 e. The van der Waals surface area contributed by atoms with Gasteiger partial charge in [0, 0.05) is 18.5 Å². The van der Waals surface area contributed by atoms with E-state index in [2.05, 4.69) is 17.6 Å². The number of carbonyl (C=O) groups is 1. The summed E-state index contributed by atoms with van der Waals surface area (Å²) >= 11 is 0. The standard InChI is InChI=1S/C14H26N2O.ClH/c1-11-8-9-15-10-13(11)16-14(17)12-6-4-2-3-5-7-12;/h11-13,15H,2-10H2,1H3,(H,16,17);1H. The molecule has 1 amide bonds. The summed E-state index contributed by atoms with van der Waals surface area (Å²) in [4.78, 5) is 12.2. The predicted octanol–water partition coefficient (Wildman–Crippen LogP) is 2.49. The number of nitrogens with one attached hydrogen (secondary N) is 2. The highest BCUT2D eigenvalue weighted by Crippen LogP contribution is 2.23. The van der Waals surface area contributed by atoms with Gasteiger partial charge in [-0.1, -0.05) is 32.6 Å². The van der Waals surface area contributed by atoms with Crippen molar-refractivity contribution >= 4 is 18.3 Å². The Morgan fingerprint density at radius 3 is 2.39 bits per heavy atom. The van der Waals surface area contributed by atoms with Gasteiger partial charge in [0.05, 0.1) is 0 Å². The lowest BCUT2D eigenvalue weighted by atomic mass is 9.93. The molecule has 3 nitrogen and oxygen atoms in total. The zero-order valence-corrected chi connectivity index (χ0v) is 12.2. The van der Waals surface area contributed by atoms with Gasteiger partial charge in [-0.25, -0.2) is 0 Å². The molecular weight excluding hydrogens is 248 g/mol. The molecule has 1 aliphatic heterocycles. The Morgan fingerprint density at radius 2 is 1.78 bits per heavy atom. The van der Waals surface area contributed by atoms with E-state index in [4.69, 9.17) is 0 Å². The van der Waals surface area contributed by atoms with Gasteiger partial charge in [0.1, 0.15) is 0 Å². The number of hydrogen-bond donors (Lipinski definition) is 2. The van der Waals surface area contributed by atoms with Gasteiger partial charge in [0.15, 0.2) is 0 Å². The molecule has 4 heteroatoms. The second-order valence-corrected chi connectivity index (χ2v) is 5.77. The minimum Gasteiger partial charge on any atom is -0.352 e. The number of carbonyl (C=O) groups excluding carboxylic acids is 1. The van der Waals surface area contributed by atoms with Crippen LogP contribution in [-0.4, -0.2) is 25.0 Å². The van der Waals surface area contributed by atoms with Crippen molar-refractivity contribution in [2.75, 3.05) is 13.1 Å². The fourth-order valence-electron chi connectivity index (χ4n) is 3.03. The zero-order valence-electron chi connectivity index (χ0n) is 11.4. The van der Waals surface area contributed by atoms with Crippen molar-refractivity contribution in [2.45, 2.75) is 57.9 Å². The second-order valence-electron chi connectivity index (χ2n) is 5.77. The monoisotopic (exact) mass is 274 g/mol. The fourth-order valence-corrected chi connectivity index (χ4v) is 3.03. The maximum Gasteiger partial charge on any atom is 0.223 e. The summed E-state index contributed by atoms with van der Waals surface area (Å²) in [6, 6.07) is 0.347. The van der Waals surface area contributed by atoms with Crippen molar-refractivity contribution in [1.29, 1.82) is 0 Å². The lowest BCUT2D eigenvalue weighted by Gasteiger charge is -2.31. The van der Waals surface area contributed by atoms with Gasteiger partial charge in [0.2, 0.25) is 5.91 Å². The predicted molar refractivity (Wildman–Crippen MR) is 77.0 cm³/mol. The maximum atomic E-state index is 12.2. The van der Waals surface area contributed by atoms with Crippen LogP contribution in [0.3, 0.4) is 0 Å². The molecule has 0 aromatic rings. The molecule has 0 aromatic carbocycles. The Morgan fingerprint density at radius 1 is 1.11 bits per heavy atom. The van der Waals surface area contributed by atoms with E-state index in [-0.39, 0.29) is 18.3 Å². The van der Waals surface area contributed by atoms with Crippen molar-refractivity contribution < 1.29 is 4.79 Å². The van der Waals surface area contributed by atoms with E-state index in [1.54, 1.807) is 0 Å². The van der Waals surface area contributed by atoms with Crippen LogP contribution in [0, 0.1) is 11.8 Å². The molecule has 1 heterocycles. The van der Waals surface area contributed by atoms with Gasteiger partial charge >= 0.3 is 0 Å². The molecule has 2 atom stereocenters. The van der Waals surface area contributed by atoms with E-state index in [1.165, 1.54) is 32.1 Å². The minimum absolute atomic E-state index is 0. The first kappa shape index (κ1) is 15.8. The SMILES string of the molecule is CC1CCNCC1NC(=O)C1CCCCCC1.Cl. The number of rotatable bonds is 2. The quantitative estimate of drug-likeness (QED) is 0.760. The normalized spacial score (nSPS) is 30.1. The second kappa shape index (κ2) is 8.00. The van der Waals surface area contributed by atoms with E-state index in [9.17, 15) is 4.79 Å². The van der Waals surface area contributed by atoms with Crippen molar-refractivity contribution in [1.82, 2.24) is 10.6 Å². The molecule has 1 saturated carbocycles. The summed E-state index contributed by atoms with van der Waals surface area (Å²) in [6.45, 7) is 4.29. The molecule has 0 radical (unpaired) electrons. The van der Waals surface area contributed by atoms with Crippen molar-refractivity contribution in [3.63, 3.8) is 0 Å². The number of halogens is 1. The minimum atomic E-state index is 0. The summed E-state index contributed by atoms with van der Waals surface area (Å²) in [6.07, 6.45) is 8.46. The summed E-state index contributed by atoms with van der Waals surface area (Å²) in [7, 11) is 0. The van der Waals surface area contributed by atoms with Gasteiger partial charge < -0.3 is 10.6 Å². The Bertz CT molecular complexity index is 252. The van der Waals surface area contributed by atoms with Crippen molar-refractivity contribution in [3.8, 4) is 0 Å². The number of amides is 1. The molecule has 2 fully saturated rings. The molecule has 2 unspecified atom stereocenters. The van der Waals surface area contributed by atoms with E-state index in [1.807, 2.05) is 0 Å². The topological polar surface area (TPSA) is 41.1 Å². The molecular formula is C14H27ClN2O. The molecule has 0 bridgehead atoms. The number of hydrogen-bond acceptors (Lipinski definition) is 2. The third-order valence-electron chi connectivity index (χ3n) is 4.38. The van der Waals surface area contributed by atoms with Crippen molar-refractivity contribution in [2.24, 2.45) is 11.8 Å². The molecule has 18 heavy (non-hydrogen) atoms. The van der Waals surface area contributed by atoms with E-state index >= 15 is 0 Å². The summed E-state index contributed by atoms with van der Waals surface area (Å²) in [5.74, 6) is 1.21. The van der Waals surface area contributed by atoms with Crippen LogP contribution in [0.4, 0.5) is 0 Å². The van der Waals surface area contributed by atoms with Crippen LogP contribution in [0.5, 0.6) is 0 Å². The van der Waals surface area contributed by atoms with Crippen molar-refractivity contribution in [3.05, 3.63) is 0 Å². The number of piperidine rings is 1. The Kier molecular flexibility index (Phi) is 7.02. The van der Waals surface area contributed by atoms with Gasteiger partial charge in [-0.2, -0.15) is 0 Å². The van der Waals surface area contributed by atoms with Crippen LogP contribution in [0.15, 0.2) is 0 Å². The molecule has 106 valence electrons. The summed E-state index contributed by atoms with van der Waals surface area (Å²) in [5.41, 5.74) is 0. The highest BCUT2D eigenvalue weighted by molar-refractivity contribution is 5.85. The summed E-state index contributed by atoms with van der Waals surface area (Å²) < 4.78 is 0. The first-order chi connectivity index (χ1) is 8.27. The summed E-state index contributed by atoms with van der Waals surface area (Å²) in [5, 5.41) is 6.64. The van der Waals surface area contributed by atoms with Gasteiger partial charge in [0.25, 0.3) is 0 Å². The van der Waals surface area contributed by atoms with E-state index in [0.29, 0.717) is 17.9 Å². The lowest BCUT2D eigenvalue weighted by Crippen LogP contribution is -2.51. The molecule has 2 N–H and O–H groups in total. The molecule has 1 aliphatic carbocycles. The molecule has 1 saturated heterocycles. The average Bonchev–Trinajstić information content (AvgIpc) is 2.61. The van der Waals surface area contributed by atoms with Crippen LogP contribution in [0.25, 0.3) is 0 Å². The third-order valence-corrected chi connectivity index (χ3v) is 4.38. The Balaban J connectivity index is 0.00000162. The molecule has 0 spiro atoms. The molecule has 0 aromatic heterocycles. The maximum absolute atomic E-state index is 12.2. The van der Waals surface area contributed by atoms with Crippen LogP contribution in [-0.2, 0) is 4.79 Å². The lowest BCUT2D eigenvalue weighted by molar-refractivity contribution is -0.126. The van der Waals surface area contributed by atoms with Gasteiger partial charge in [-0.05, 0) is 31.7 Å². The first-order valence-corrected chi connectivity index (χ1v) is 7.28. The van der Waals surface area contributed by atoms with Gasteiger partial charge in [-0.3, -0.25) is 4.79 Å². The Labute approximate surface area is 117 Å². The third kappa shape index (κ3) is 4.43.